The standard InChI is InChI=1S/C20H33ClO/c1-16(2)20(15-22)13-12-18(4)10-6-8-17(3)9-7-11-19(5)14-21/h8,11-13,16,22H,6-7,9-10,14-15H2,1-5H3/b17-8+,18-12+,19-11+,20-13-. The van der Waals surface area contributed by atoms with Gasteiger partial charge >= 0.3 is 0 Å². The SMILES string of the molecule is C/C(=C\CC/C(C)=C/CC/C(C)=C/C=C(/CO)C(C)C)CCl. The van der Waals surface area contributed by atoms with E-state index in [4.69, 9.17) is 11.6 Å². The molecule has 0 aliphatic rings. The first-order valence-corrected chi connectivity index (χ1v) is 8.78. The maximum atomic E-state index is 9.28. The van der Waals surface area contributed by atoms with Crippen molar-refractivity contribution < 1.29 is 5.11 Å². The normalized spacial score (nSPS) is 14.9. The fourth-order valence-electron chi connectivity index (χ4n) is 2.01. The minimum Gasteiger partial charge on any atom is -0.392 e. The van der Waals surface area contributed by atoms with Crippen molar-refractivity contribution in [3.8, 4) is 0 Å². The number of hydrogen-bond donors (Lipinski definition) is 1. The molecule has 22 heavy (non-hydrogen) atoms. The second kappa shape index (κ2) is 12.7. The van der Waals surface area contributed by atoms with Crippen molar-refractivity contribution in [1.29, 1.82) is 0 Å². The second-order valence-electron chi connectivity index (χ2n) is 6.38. The topological polar surface area (TPSA) is 20.2 Å². The Morgan fingerprint density at radius 2 is 1.45 bits per heavy atom. The number of alkyl halides is 1. The first-order chi connectivity index (χ1) is 10.4. The summed E-state index contributed by atoms with van der Waals surface area (Å²) in [6.45, 7) is 10.8. The number of allylic oxidation sites excluding steroid dienone is 7. The van der Waals surface area contributed by atoms with Gasteiger partial charge in [-0.05, 0) is 57.9 Å². The van der Waals surface area contributed by atoms with Gasteiger partial charge in [0.2, 0.25) is 0 Å². The largest absolute Gasteiger partial charge is 0.392 e. The minimum atomic E-state index is 0.149. The Bertz CT molecular complexity index is 425. The maximum Gasteiger partial charge on any atom is 0.0647 e. The molecule has 0 aliphatic heterocycles. The van der Waals surface area contributed by atoms with Crippen LogP contribution >= 0.6 is 11.6 Å². The molecular formula is C20H33ClO. The summed E-state index contributed by atoms with van der Waals surface area (Å²) in [6.07, 6.45) is 13.1. The van der Waals surface area contributed by atoms with Crippen molar-refractivity contribution in [3.63, 3.8) is 0 Å². The summed E-state index contributed by atoms with van der Waals surface area (Å²) in [5, 5.41) is 9.28. The Labute approximate surface area is 142 Å². The van der Waals surface area contributed by atoms with Crippen LogP contribution in [0.4, 0.5) is 0 Å². The number of hydrogen-bond acceptors (Lipinski definition) is 1. The molecule has 0 aromatic carbocycles. The van der Waals surface area contributed by atoms with Crippen LogP contribution in [0.2, 0.25) is 0 Å². The van der Waals surface area contributed by atoms with Crippen LogP contribution in [0.5, 0.6) is 0 Å². The zero-order valence-corrected chi connectivity index (χ0v) is 15.7. The number of rotatable bonds is 10. The van der Waals surface area contributed by atoms with E-state index < -0.39 is 0 Å². The third-order valence-corrected chi connectivity index (χ3v) is 4.20. The van der Waals surface area contributed by atoms with E-state index in [1.807, 2.05) is 0 Å². The van der Waals surface area contributed by atoms with Gasteiger partial charge in [0.1, 0.15) is 0 Å². The van der Waals surface area contributed by atoms with Crippen molar-refractivity contribution in [2.24, 2.45) is 5.92 Å². The Balaban J connectivity index is 4.24. The van der Waals surface area contributed by atoms with Gasteiger partial charge in [-0.15, -0.1) is 11.6 Å². The van der Waals surface area contributed by atoms with E-state index in [0.717, 1.165) is 31.3 Å². The van der Waals surface area contributed by atoms with Crippen molar-refractivity contribution in [1.82, 2.24) is 0 Å². The lowest BCUT2D eigenvalue weighted by atomic mass is 10.0. The maximum absolute atomic E-state index is 9.28. The molecule has 0 aromatic heterocycles. The Morgan fingerprint density at radius 1 is 0.909 bits per heavy atom. The lowest BCUT2D eigenvalue weighted by Gasteiger charge is -2.06. The van der Waals surface area contributed by atoms with Crippen LogP contribution in [0.3, 0.4) is 0 Å². The fraction of sp³-hybridized carbons (Fsp3) is 0.600. The van der Waals surface area contributed by atoms with Gasteiger partial charge in [-0.1, -0.05) is 54.9 Å². The highest BCUT2D eigenvalue weighted by Gasteiger charge is 1.99. The summed E-state index contributed by atoms with van der Waals surface area (Å²) in [5.41, 5.74) is 5.14. The molecule has 0 heterocycles. The molecule has 0 radical (unpaired) electrons. The predicted molar refractivity (Wildman–Crippen MR) is 100 cm³/mol. The Hall–Kier alpha value is -0.790. The summed E-state index contributed by atoms with van der Waals surface area (Å²) in [6, 6.07) is 0. The molecule has 2 heteroatoms. The van der Waals surface area contributed by atoms with E-state index in [9.17, 15) is 5.11 Å². The Morgan fingerprint density at radius 3 is 1.95 bits per heavy atom. The van der Waals surface area contributed by atoms with E-state index in [-0.39, 0.29) is 6.61 Å². The average Bonchev–Trinajstić information content (AvgIpc) is 2.47. The first kappa shape index (κ1) is 21.2. The monoisotopic (exact) mass is 324 g/mol. The zero-order chi connectivity index (χ0) is 17.0. The molecule has 126 valence electrons. The molecule has 0 aliphatic carbocycles. The summed E-state index contributed by atoms with van der Waals surface area (Å²) < 4.78 is 0. The molecule has 0 saturated heterocycles. The molecular weight excluding hydrogens is 292 g/mol. The van der Waals surface area contributed by atoms with Crippen molar-refractivity contribution in [2.75, 3.05) is 12.5 Å². The lowest BCUT2D eigenvalue weighted by molar-refractivity contribution is 0.318. The van der Waals surface area contributed by atoms with Gasteiger partial charge < -0.3 is 5.11 Å². The summed E-state index contributed by atoms with van der Waals surface area (Å²) in [7, 11) is 0. The predicted octanol–water partition coefficient (Wildman–Crippen LogP) is 6.20. The second-order valence-corrected chi connectivity index (χ2v) is 6.65. The number of halogens is 1. The van der Waals surface area contributed by atoms with Crippen molar-refractivity contribution in [2.45, 2.75) is 60.3 Å². The van der Waals surface area contributed by atoms with E-state index in [1.54, 1.807) is 0 Å². The Kier molecular flexibility index (Phi) is 12.3. The van der Waals surface area contributed by atoms with Crippen LogP contribution in [-0.2, 0) is 0 Å². The highest BCUT2D eigenvalue weighted by Crippen LogP contribution is 2.13. The highest BCUT2D eigenvalue weighted by molar-refractivity contribution is 6.19. The van der Waals surface area contributed by atoms with Crippen LogP contribution in [0.1, 0.15) is 60.3 Å². The molecule has 0 spiro atoms. The molecule has 0 bridgehead atoms. The van der Waals surface area contributed by atoms with Gasteiger partial charge in [-0.25, -0.2) is 0 Å². The van der Waals surface area contributed by atoms with E-state index in [0.29, 0.717) is 11.8 Å². The van der Waals surface area contributed by atoms with Crippen molar-refractivity contribution in [3.05, 3.63) is 46.6 Å². The molecule has 1 N–H and O–H groups in total. The third kappa shape index (κ3) is 10.9. The van der Waals surface area contributed by atoms with Crippen LogP contribution in [-0.4, -0.2) is 17.6 Å². The van der Waals surface area contributed by atoms with Crippen LogP contribution < -0.4 is 0 Å². The van der Waals surface area contributed by atoms with E-state index in [1.165, 1.54) is 16.7 Å². The summed E-state index contributed by atoms with van der Waals surface area (Å²) >= 11 is 5.76. The van der Waals surface area contributed by atoms with Gasteiger partial charge in [-0.3, -0.25) is 0 Å². The van der Waals surface area contributed by atoms with Crippen LogP contribution in [0, 0.1) is 5.92 Å². The minimum absolute atomic E-state index is 0.149. The van der Waals surface area contributed by atoms with Gasteiger partial charge in [-0.2, -0.15) is 0 Å². The molecule has 0 unspecified atom stereocenters. The highest BCUT2D eigenvalue weighted by atomic mass is 35.5. The van der Waals surface area contributed by atoms with Gasteiger partial charge in [0, 0.05) is 5.88 Å². The molecule has 0 aromatic rings. The molecule has 0 atom stereocenters. The molecule has 1 nitrogen and oxygen atoms in total. The fourth-order valence-corrected chi connectivity index (χ4v) is 2.12. The first-order valence-electron chi connectivity index (χ1n) is 8.25. The zero-order valence-electron chi connectivity index (χ0n) is 15.0. The smallest absolute Gasteiger partial charge is 0.0647 e. The summed E-state index contributed by atoms with van der Waals surface area (Å²) in [4.78, 5) is 0. The summed E-state index contributed by atoms with van der Waals surface area (Å²) in [5.74, 6) is 1.03. The van der Waals surface area contributed by atoms with E-state index >= 15 is 0 Å². The average molecular weight is 325 g/mol. The quantitative estimate of drug-likeness (QED) is 0.288. The molecule has 0 amide bonds. The van der Waals surface area contributed by atoms with Gasteiger partial charge in [0.05, 0.1) is 6.61 Å². The molecule has 0 rings (SSSR count). The molecule has 0 fully saturated rings. The van der Waals surface area contributed by atoms with Crippen LogP contribution in [0.25, 0.3) is 0 Å². The number of aliphatic hydroxyl groups excluding tert-OH is 1. The lowest BCUT2D eigenvalue weighted by Crippen LogP contribution is -1.98. The molecule has 0 saturated carbocycles. The van der Waals surface area contributed by atoms with Gasteiger partial charge in [0.25, 0.3) is 0 Å². The third-order valence-electron chi connectivity index (χ3n) is 3.78. The van der Waals surface area contributed by atoms with E-state index in [2.05, 4.69) is 58.9 Å². The number of aliphatic hydroxyl groups is 1. The van der Waals surface area contributed by atoms with Crippen molar-refractivity contribution >= 4 is 11.6 Å². The van der Waals surface area contributed by atoms with Crippen LogP contribution in [0.15, 0.2) is 46.6 Å². The van der Waals surface area contributed by atoms with Gasteiger partial charge in [0.15, 0.2) is 0 Å².